The summed E-state index contributed by atoms with van der Waals surface area (Å²) >= 11 is 0. The van der Waals surface area contributed by atoms with Gasteiger partial charge in [0.05, 0.1) is 12.5 Å². The standard InChI is InChI=1S/C22H34O4/c1-2-3-4-5-6-7-8-9-13-16-20(23)17-22(25)26-18-21(24)19-14-11-10-12-15-19/h10-12,14-15,20,23H,2-9,13,16-18H2,1H3/t20-/m0/s1. The number of ether oxygens (including phenoxy) is 1. The summed E-state index contributed by atoms with van der Waals surface area (Å²) in [6.07, 6.45) is 10.9. The zero-order valence-electron chi connectivity index (χ0n) is 16.1. The van der Waals surface area contributed by atoms with Crippen molar-refractivity contribution < 1.29 is 19.4 Å². The van der Waals surface area contributed by atoms with Crippen LogP contribution in [0.1, 0.15) is 87.9 Å². The first-order valence-electron chi connectivity index (χ1n) is 10.1. The molecule has 0 heterocycles. The maximum Gasteiger partial charge on any atom is 0.308 e. The minimum atomic E-state index is -0.682. The van der Waals surface area contributed by atoms with Gasteiger partial charge >= 0.3 is 5.97 Å². The number of carbonyl (C=O) groups excluding carboxylic acids is 2. The molecule has 4 heteroatoms. The number of Topliss-reactive ketones (excluding diaryl/α,β-unsaturated/α-hetero) is 1. The highest BCUT2D eigenvalue weighted by Crippen LogP contribution is 2.12. The lowest BCUT2D eigenvalue weighted by atomic mass is 10.0. The molecular formula is C22H34O4. The molecular weight excluding hydrogens is 328 g/mol. The van der Waals surface area contributed by atoms with Gasteiger partial charge in [-0.1, -0.05) is 95.0 Å². The Hall–Kier alpha value is -1.68. The number of unbranched alkanes of at least 4 members (excludes halogenated alkanes) is 8. The van der Waals surface area contributed by atoms with E-state index in [9.17, 15) is 14.7 Å². The Kier molecular flexibility index (Phi) is 12.5. The van der Waals surface area contributed by atoms with Crippen LogP contribution in [0.25, 0.3) is 0 Å². The number of benzene rings is 1. The molecule has 4 nitrogen and oxygen atoms in total. The number of aliphatic hydroxyl groups is 1. The second kappa shape index (κ2) is 14.5. The third-order valence-corrected chi connectivity index (χ3v) is 4.50. The van der Waals surface area contributed by atoms with Crippen molar-refractivity contribution in [2.75, 3.05) is 6.61 Å². The van der Waals surface area contributed by atoms with Crippen molar-refractivity contribution in [3.05, 3.63) is 35.9 Å². The summed E-state index contributed by atoms with van der Waals surface area (Å²) in [6, 6.07) is 8.74. The molecule has 0 spiro atoms. The van der Waals surface area contributed by atoms with Crippen LogP contribution in [-0.4, -0.2) is 29.6 Å². The fourth-order valence-electron chi connectivity index (χ4n) is 2.90. The molecule has 0 aliphatic heterocycles. The Bertz CT molecular complexity index is 498. The lowest BCUT2D eigenvalue weighted by molar-refractivity contribution is -0.144. The second-order valence-corrected chi connectivity index (χ2v) is 6.92. The number of hydrogen-bond donors (Lipinski definition) is 1. The molecule has 1 N–H and O–H groups in total. The van der Waals surface area contributed by atoms with E-state index in [0.29, 0.717) is 12.0 Å². The van der Waals surface area contributed by atoms with Crippen LogP contribution in [0, 0.1) is 0 Å². The van der Waals surface area contributed by atoms with E-state index >= 15 is 0 Å². The van der Waals surface area contributed by atoms with E-state index in [1.807, 2.05) is 6.07 Å². The highest BCUT2D eigenvalue weighted by molar-refractivity contribution is 5.97. The summed E-state index contributed by atoms with van der Waals surface area (Å²) in [4.78, 5) is 23.6. The lowest BCUT2D eigenvalue weighted by Crippen LogP contribution is -2.19. The largest absolute Gasteiger partial charge is 0.457 e. The van der Waals surface area contributed by atoms with Gasteiger partial charge in [-0.05, 0) is 6.42 Å². The normalized spacial score (nSPS) is 11.9. The first-order chi connectivity index (χ1) is 12.6. The van der Waals surface area contributed by atoms with Crippen LogP contribution < -0.4 is 0 Å². The molecule has 0 amide bonds. The van der Waals surface area contributed by atoms with E-state index in [4.69, 9.17) is 4.74 Å². The zero-order valence-corrected chi connectivity index (χ0v) is 16.1. The van der Waals surface area contributed by atoms with E-state index in [-0.39, 0.29) is 18.8 Å². The molecule has 26 heavy (non-hydrogen) atoms. The topological polar surface area (TPSA) is 63.6 Å². The van der Waals surface area contributed by atoms with E-state index in [1.54, 1.807) is 24.3 Å². The van der Waals surface area contributed by atoms with Crippen molar-refractivity contribution in [3.8, 4) is 0 Å². The zero-order chi connectivity index (χ0) is 19.0. The number of aliphatic hydroxyl groups excluding tert-OH is 1. The van der Waals surface area contributed by atoms with E-state index in [2.05, 4.69) is 6.92 Å². The molecule has 1 aromatic carbocycles. The molecule has 0 aliphatic carbocycles. The SMILES string of the molecule is CCCCCCCCCCC[C@H](O)CC(=O)OCC(=O)c1ccccc1. The molecule has 0 saturated heterocycles. The first-order valence-corrected chi connectivity index (χ1v) is 10.1. The molecule has 0 fully saturated rings. The molecule has 0 unspecified atom stereocenters. The van der Waals surface area contributed by atoms with Crippen LogP contribution in [-0.2, 0) is 9.53 Å². The summed E-state index contributed by atoms with van der Waals surface area (Å²) in [5, 5.41) is 9.92. The number of carbonyl (C=O) groups is 2. The monoisotopic (exact) mass is 362 g/mol. The van der Waals surface area contributed by atoms with Gasteiger partial charge in [-0.15, -0.1) is 0 Å². The van der Waals surface area contributed by atoms with Gasteiger partial charge in [-0.2, -0.15) is 0 Å². The molecule has 1 rings (SSSR count). The van der Waals surface area contributed by atoms with Crippen molar-refractivity contribution in [2.24, 2.45) is 0 Å². The summed E-state index contributed by atoms with van der Waals surface area (Å²) < 4.78 is 4.97. The highest BCUT2D eigenvalue weighted by atomic mass is 16.5. The molecule has 0 saturated carbocycles. The van der Waals surface area contributed by atoms with Gasteiger partial charge in [0, 0.05) is 5.56 Å². The van der Waals surface area contributed by atoms with Gasteiger partial charge in [-0.25, -0.2) is 0 Å². The molecule has 1 atom stereocenters. The molecule has 0 aliphatic rings. The third-order valence-electron chi connectivity index (χ3n) is 4.50. The van der Waals surface area contributed by atoms with Crippen LogP contribution >= 0.6 is 0 Å². The quantitative estimate of drug-likeness (QED) is 0.268. The van der Waals surface area contributed by atoms with Gasteiger partial charge < -0.3 is 9.84 Å². The maximum absolute atomic E-state index is 11.9. The van der Waals surface area contributed by atoms with Gasteiger partial charge in [0.25, 0.3) is 0 Å². The fraction of sp³-hybridized carbons (Fsp3) is 0.636. The average molecular weight is 363 g/mol. The number of hydrogen-bond acceptors (Lipinski definition) is 4. The number of rotatable bonds is 15. The highest BCUT2D eigenvalue weighted by Gasteiger charge is 2.14. The Morgan fingerprint density at radius 1 is 0.923 bits per heavy atom. The van der Waals surface area contributed by atoms with Gasteiger partial charge in [0.1, 0.15) is 0 Å². The van der Waals surface area contributed by atoms with Crippen LogP contribution in [0.3, 0.4) is 0 Å². The first kappa shape index (κ1) is 22.4. The Morgan fingerprint density at radius 3 is 2.12 bits per heavy atom. The summed E-state index contributed by atoms with van der Waals surface area (Å²) in [6.45, 7) is 1.95. The number of esters is 1. The minimum Gasteiger partial charge on any atom is -0.457 e. The van der Waals surface area contributed by atoms with Crippen LogP contribution in [0.4, 0.5) is 0 Å². The predicted octanol–water partition coefficient (Wildman–Crippen LogP) is 5.08. The fourth-order valence-corrected chi connectivity index (χ4v) is 2.90. The van der Waals surface area contributed by atoms with Crippen LogP contribution in [0.5, 0.6) is 0 Å². The molecule has 0 aromatic heterocycles. The average Bonchev–Trinajstić information content (AvgIpc) is 2.65. The summed E-state index contributed by atoms with van der Waals surface area (Å²) in [7, 11) is 0. The van der Waals surface area contributed by atoms with Crippen molar-refractivity contribution in [2.45, 2.75) is 83.7 Å². The number of ketones is 1. The summed E-state index contributed by atoms with van der Waals surface area (Å²) in [5.41, 5.74) is 0.524. The summed E-state index contributed by atoms with van der Waals surface area (Å²) in [5.74, 6) is -0.745. The van der Waals surface area contributed by atoms with E-state index in [0.717, 1.165) is 12.8 Å². The van der Waals surface area contributed by atoms with Crippen LogP contribution in [0.15, 0.2) is 30.3 Å². The van der Waals surface area contributed by atoms with E-state index < -0.39 is 12.1 Å². The van der Waals surface area contributed by atoms with Crippen molar-refractivity contribution >= 4 is 11.8 Å². The van der Waals surface area contributed by atoms with Gasteiger partial charge in [-0.3, -0.25) is 9.59 Å². The third kappa shape index (κ3) is 11.0. The molecule has 0 bridgehead atoms. The van der Waals surface area contributed by atoms with Crippen molar-refractivity contribution in [1.82, 2.24) is 0 Å². The maximum atomic E-state index is 11.9. The van der Waals surface area contributed by atoms with E-state index in [1.165, 1.54) is 44.9 Å². The lowest BCUT2D eigenvalue weighted by Gasteiger charge is -2.10. The minimum absolute atomic E-state index is 0.0426. The van der Waals surface area contributed by atoms with Crippen molar-refractivity contribution in [3.63, 3.8) is 0 Å². The van der Waals surface area contributed by atoms with Gasteiger partial charge in [0.2, 0.25) is 0 Å². The second-order valence-electron chi connectivity index (χ2n) is 6.92. The molecule has 0 radical (unpaired) electrons. The molecule has 146 valence electrons. The van der Waals surface area contributed by atoms with Gasteiger partial charge in [0.15, 0.2) is 12.4 Å². The Labute approximate surface area is 158 Å². The van der Waals surface area contributed by atoms with Crippen LogP contribution in [0.2, 0.25) is 0 Å². The Morgan fingerprint density at radius 2 is 1.50 bits per heavy atom. The molecule has 1 aromatic rings. The predicted molar refractivity (Wildman–Crippen MR) is 104 cm³/mol. The smallest absolute Gasteiger partial charge is 0.308 e. The Balaban J connectivity index is 2.02. The van der Waals surface area contributed by atoms with Crippen molar-refractivity contribution in [1.29, 1.82) is 0 Å².